The fraction of sp³-hybridized carbons (Fsp3) is 0.528. The van der Waals surface area contributed by atoms with Gasteiger partial charge in [-0.2, -0.15) is 4.90 Å². The van der Waals surface area contributed by atoms with Crippen molar-refractivity contribution in [3.8, 4) is 0 Å². The van der Waals surface area contributed by atoms with Crippen molar-refractivity contribution in [2.24, 2.45) is 5.92 Å². The Morgan fingerprint density at radius 3 is 2.14 bits per heavy atom. The van der Waals surface area contributed by atoms with Gasteiger partial charge in [0.2, 0.25) is 5.91 Å². The topological polar surface area (TPSA) is 151 Å². The minimum absolute atomic E-state index is 0.0284. The quantitative estimate of drug-likeness (QED) is 0.288. The van der Waals surface area contributed by atoms with Crippen molar-refractivity contribution in [2.45, 2.75) is 104 Å². The van der Waals surface area contributed by atoms with Crippen LogP contribution in [0, 0.1) is 5.92 Å². The summed E-state index contributed by atoms with van der Waals surface area (Å²) in [6.07, 6.45) is 0.968. The van der Waals surface area contributed by atoms with Crippen LogP contribution in [0.2, 0.25) is 0 Å². The Labute approximate surface area is 296 Å². The number of piperazine rings is 1. The zero-order valence-corrected chi connectivity index (χ0v) is 30.9. The predicted molar refractivity (Wildman–Crippen MR) is 190 cm³/mol. The van der Waals surface area contributed by atoms with E-state index in [-0.39, 0.29) is 48.4 Å². The molecule has 5 amide bonds. The average molecular weight is 707 g/mol. The number of amides is 5. The van der Waals surface area contributed by atoms with Crippen molar-refractivity contribution in [2.75, 3.05) is 23.3 Å². The standard InChI is InChI=1S/C36H46N6O7S/c1-20(2)31(44)40-18-27(23-12-13-28-26(14-23)38-19-50-28)41(17-21(40)3)32(45)30(43)39-24-15-25(22-10-11-22)29(37-16-24)42(33(46)48-35(4,5)6)34(47)49-36(7,8)9/h12-16,19-22,27H,10-11,17-18H2,1-9H3,(H,39,43)/t21-,27-/m1/s1. The van der Waals surface area contributed by atoms with Crippen LogP contribution >= 0.6 is 11.3 Å². The molecule has 2 aliphatic rings. The SMILES string of the molecule is CC(C)C(=O)N1C[C@H](c2ccc3scnc3c2)N(C(=O)C(=O)Nc2cnc(N(C(=O)OC(C)(C)C)C(=O)OC(C)(C)C)c(C3CC3)c2)C[C@H]1C. The molecule has 0 spiro atoms. The van der Waals surface area contributed by atoms with Gasteiger partial charge in [-0.1, -0.05) is 19.9 Å². The first-order chi connectivity index (χ1) is 23.3. The number of nitrogens with one attached hydrogen (secondary N) is 1. The summed E-state index contributed by atoms with van der Waals surface area (Å²) in [5, 5.41) is 2.69. The zero-order valence-electron chi connectivity index (χ0n) is 30.1. The molecule has 3 aromatic rings. The van der Waals surface area contributed by atoms with Gasteiger partial charge in [-0.05, 0) is 91.0 Å². The Balaban J connectivity index is 1.43. The van der Waals surface area contributed by atoms with E-state index in [1.807, 2.05) is 39.0 Å². The Hall–Kier alpha value is -4.59. The molecule has 1 aliphatic carbocycles. The number of nitrogens with zero attached hydrogens (tertiary/aromatic N) is 5. The second kappa shape index (κ2) is 14.0. The number of anilines is 2. The van der Waals surface area contributed by atoms with Crippen LogP contribution in [-0.2, 0) is 23.9 Å². The fourth-order valence-corrected chi connectivity index (χ4v) is 6.47. The summed E-state index contributed by atoms with van der Waals surface area (Å²) in [6, 6.07) is 6.45. The molecular formula is C36H46N6O7S. The molecule has 1 aromatic carbocycles. The highest BCUT2D eigenvalue weighted by molar-refractivity contribution is 7.16. The highest BCUT2D eigenvalue weighted by Gasteiger charge is 2.41. The van der Waals surface area contributed by atoms with Crippen LogP contribution in [0.15, 0.2) is 36.0 Å². The number of benzene rings is 1. The first-order valence-corrected chi connectivity index (χ1v) is 17.7. The molecule has 50 heavy (non-hydrogen) atoms. The number of fused-ring (bicyclic) bond motifs is 1. The van der Waals surface area contributed by atoms with Gasteiger partial charge in [0.05, 0.1) is 33.7 Å². The van der Waals surface area contributed by atoms with Crippen molar-refractivity contribution in [3.63, 3.8) is 0 Å². The van der Waals surface area contributed by atoms with Crippen molar-refractivity contribution in [1.82, 2.24) is 19.8 Å². The van der Waals surface area contributed by atoms with Crippen LogP contribution in [0.5, 0.6) is 0 Å². The number of hydrogen-bond acceptors (Lipinski definition) is 10. The molecule has 3 heterocycles. The maximum atomic E-state index is 14.0. The average Bonchev–Trinajstić information content (AvgIpc) is 3.75. The van der Waals surface area contributed by atoms with E-state index in [2.05, 4.69) is 15.3 Å². The van der Waals surface area contributed by atoms with Gasteiger partial charge in [-0.3, -0.25) is 14.4 Å². The maximum absolute atomic E-state index is 14.0. The molecule has 5 rings (SSSR count). The van der Waals surface area contributed by atoms with Crippen LogP contribution in [0.25, 0.3) is 10.2 Å². The zero-order chi connectivity index (χ0) is 36.7. The van der Waals surface area contributed by atoms with Gasteiger partial charge in [0.1, 0.15) is 11.2 Å². The van der Waals surface area contributed by atoms with E-state index in [0.29, 0.717) is 5.56 Å². The van der Waals surface area contributed by atoms with Crippen LogP contribution < -0.4 is 10.2 Å². The Kier molecular flexibility index (Phi) is 10.2. The largest absolute Gasteiger partial charge is 0.443 e. The van der Waals surface area contributed by atoms with Crippen molar-refractivity contribution >= 4 is 63.0 Å². The fourth-order valence-electron chi connectivity index (χ4n) is 5.81. The van der Waals surface area contributed by atoms with E-state index in [1.54, 1.807) is 58.0 Å². The maximum Gasteiger partial charge on any atom is 0.425 e. The molecule has 1 aliphatic heterocycles. The van der Waals surface area contributed by atoms with Gasteiger partial charge in [0, 0.05) is 30.6 Å². The number of carbonyl (C=O) groups excluding carboxylic acids is 5. The third-order valence-electron chi connectivity index (χ3n) is 8.24. The molecule has 2 aromatic heterocycles. The van der Waals surface area contributed by atoms with Crippen LogP contribution in [0.3, 0.4) is 0 Å². The number of ether oxygens (including phenoxy) is 2. The first-order valence-electron chi connectivity index (χ1n) is 16.8. The first kappa shape index (κ1) is 36.7. The minimum atomic E-state index is -0.945. The van der Waals surface area contributed by atoms with Crippen molar-refractivity contribution in [3.05, 3.63) is 47.1 Å². The van der Waals surface area contributed by atoms with Gasteiger partial charge in [0.25, 0.3) is 0 Å². The number of aromatic nitrogens is 2. The van der Waals surface area contributed by atoms with Gasteiger partial charge in [-0.15, -0.1) is 11.3 Å². The third-order valence-corrected chi connectivity index (χ3v) is 9.05. The number of imide groups is 1. The molecule has 0 bridgehead atoms. The third kappa shape index (κ3) is 8.40. The summed E-state index contributed by atoms with van der Waals surface area (Å²) < 4.78 is 12.1. The molecule has 1 saturated heterocycles. The Morgan fingerprint density at radius 2 is 1.56 bits per heavy atom. The normalized spacial score (nSPS) is 18.2. The molecular weight excluding hydrogens is 660 g/mol. The van der Waals surface area contributed by atoms with E-state index < -0.39 is 41.2 Å². The highest BCUT2D eigenvalue weighted by Crippen LogP contribution is 2.45. The summed E-state index contributed by atoms with van der Waals surface area (Å²) in [7, 11) is 0. The molecule has 0 unspecified atom stereocenters. The Bertz CT molecular complexity index is 1780. The summed E-state index contributed by atoms with van der Waals surface area (Å²) in [6.45, 7) is 16.0. The molecule has 1 saturated carbocycles. The van der Waals surface area contributed by atoms with Gasteiger partial charge < -0.3 is 24.6 Å². The second-order valence-corrected chi connectivity index (χ2v) is 16.1. The van der Waals surface area contributed by atoms with Gasteiger partial charge >= 0.3 is 24.0 Å². The monoisotopic (exact) mass is 706 g/mol. The summed E-state index contributed by atoms with van der Waals surface area (Å²) in [5.74, 6) is -1.90. The summed E-state index contributed by atoms with van der Waals surface area (Å²) in [4.78, 5) is 80.4. The Morgan fingerprint density at radius 1 is 0.920 bits per heavy atom. The van der Waals surface area contributed by atoms with E-state index in [0.717, 1.165) is 33.5 Å². The van der Waals surface area contributed by atoms with Crippen LogP contribution in [0.4, 0.5) is 21.1 Å². The number of thiazole rings is 1. The lowest BCUT2D eigenvalue weighted by Crippen LogP contribution is -2.59. The summed E-state index contributed by atoms with van der Waals surface area (Å²) >= 11 is 1.50. The molecule has 2 atom stereocenters. The lowest BCUT2D eigenvalue weighted by atomic mass is 9.97. The molecule has 14 heteroatoms. The smallest absolute Gasteiger partial charge is 0.425 e. The lowest BCUT2D eigenvalue weighted by Gasteiger charge is -2.45. The predicted octanol–water partition coefficient (Wildman–Crippen LogP) is 6.64. The molecule has 0 radical (unpaired) electrons. The van der Waals surface area contributed by atoms with E-state index in [1.165, 1.54) is 22.4 Å². The highest BCUT2D eigenvalue weighted by atomic mass is 32.1. The lowest BCUT2D eigenvalue weighted by molar-refractivity contribution is -0.152. The minimum Gasteiger partial charge on any atom is -0.443 e. The van der Waals surface area contributed by atoms with Crippen LogP contribution in [0.1, 0.15) is 98.2 Å². The molecule has 13 nitrogen and oxygen atoms in total. The van der Waals surface area contributed by atoms with Gasteiger partial charge in [0.15, 0.2) is 5.82 Å². The van der Waals surface area contributed by atoms with Crippen molar-refractivity contribution < 1.29 is 33.4 Å². The van der Waals surface area contributed by atoms with E-state index >= 15 is 0 Å². The number of pyridine rings is 1. The second-order valence-electron chi connectivity index (χ2n) is 15.2. The van der Waals surface area contributed by atoms with E-state index in [4.69, 9.17) is 9.47 Å². The van der Waals surface area contributed by atoms with Gasteiger partial charge in [-0.25, -0.2) is 19.6 Å². The number of carbonyl (C=O) groups is 5. The molecule has 2 fully saturated rings. The number of rotatable bonds is 5. The molecule has 1 N–H and O–H groups in total. The molecule has 268 valence electrons. The van der Waals surface area contributed by atoms with E-state index in [9.17, 15) is 24.0 Å². The van der Waals surface area contributed by atoms with Crippen LogP contribution in [-0.4, -0.2) is 80.0 Å². The number of hydrogen-bond donors (Lipinski definition) is 1. The summed E-state index contributed by atoms with van der Waals surface area (Å²) in [5.41, 5.74) is 2.25. The van der Waals surface area contributed by atoms with Crippen molar-refractivity contribution in [1.29, 1.82) is 0 Å².